The highest BCUT2D eigenvalue weighted by Crippen LogP contribution is 2.29. The Morgan fingerprint density at radius 1 is 0.971 bits per heavy atom. The lowest BCUT2D eigenvalue weighted by Gasteiger charge is -2.12. The van der Waals surface area contributed by atoms with Crippen LogP contribution < -0.4 is 19.6 Å². The Balaban J connectivity index is 1.60. The van der Waals surface area contributed by atoms with E-state index in [2.05, 4.69) is 26.5 Å². The number of benzene rings is 3. The average Bonchev–Trinajstić information content (AvgIpc) is 2.83. The summed E-state index contributed by atoms with van der Waals surface area (Å²) in [6.45, 7) is 5.24. The van der Waals surface area contributed by atoms with Gasteiger partial charge in [0.05, 0.1) is 23.9 Å². The SMILES string of the molecule is CCCOc1ccc(C(=O)N/N=C/c2ccc(OCc3ccc(Cl)cc3Cl)c(Br)c2)cc1OCC. The quantitative estimate of drug-likeness (QED) is 0.191. The lowest BCUT2D eigenvalue weighted by atomic mass is 10.2. The summed E-state index contributed by atoms with van der Waals surface area (Å²) in [6, 6.07) is 15.8. The van der Waals surface area contributed by atoms with Gasteiger partial charge in [-0.25, -0.2) is 5.43 Å². The van der Waals surface area contributed by atoms with Crippen molar-refractivity contribution in [3.05, 3.63) is 85.8 Å². The number of amides is 1. The number of rotatable bonds is 11. The van der Waals surface area contributed by atoms with Gasteiger partial charge in [0.25, 0.3) is 5.91 Å². The second kappa shape index (κ2) is 13.4. The summed E-state index contributed by atoms with van der Waals surface area (Å²) in [4.78, 5) is 12.5. The fraction of sp³-hybridized carbons (Fsp3) is 0.231. The van der Waals surface area contributed by atoms with Crippen molar-refractivity contribution in [2.75, 3.05) is 13.2 Å². The molecule has 0 radical (unpaired) electrons. The first-order valence-electron chi connectivity index (χ1n) is 11.0. The van der Waals surface area contributed by atoms with Crippen molar-refractivity contribution in [1.82, 2.24) is 5.43 Å². The molecule has 3 rings (SSSR count). The van der Waals surface area contributed by atoms with Crippen LogP contribution in [0.4, 0.5) is 0 Å². The Hall–Kier alpha value is -2.74. The second-order valence-electron chi connectivity index (χ2n) is 7.36. The van der Waals surface area contributed by atoms with Crippen LogP contribution in [0.15, 0.2) is 64.2 Å². The third kappa shape index (κ3) is 7.88. The number of ether oxygens (including phenoxy) is 3. The van der Waals surface area contributed by atoms with Crippen LogP contribution >= 0.6 is 39.1 Å². The van der Waals surface area contributed by atoms with Crippen LogP contribution in [-0.4, -0.2) is 25.3 Å². The van der Waals surface area contributed by atoms with E-state index in [1.165, 1.54) is 0 Å². The van der Waals surface area contributed by atoms with Crippen LogP contribution in [0.3, 0.4) is 0 Å². The largest absolute Gasteiger partial charge is 0.490 e. The Bertz CT molecular complexity index is 1200. The Morgan fingerprint density at radius 3 is 2.49 bits per heavy atom. The van der Waals surface area contributed by atoms with Gasteiger partial charge in [0.15, 0.2) is 11.5 Å². The molecule has 1 amide bonds. The first kappa shape index (κ1) is 26.9. The second-order valence-corrected chi connectivity index (χ2v) is 9.05. The summed E-state index contributed by atoms with van der Waals surface area (Å²) >= 11 is 15.6. The maximum Gasteiger partial charge on any atom is 0.271 e. The van der Waals surface area contributed by atoms with Gasteiger partial charge >= 0.3 is 0 Å². The van der Waals surface area contributed by atoms with E-state index in [9.17, 15) is 4.79 Å². The minimum absolute atomic E-state index is 0.296. The number of hydrogen-bond donors (Lipinski definition) is 1. The van der Waals surface area contributed by atoms with Crippen molar-refractivity contribution >= 4 is 51.3 Å². The van der Waals surface area contributed by atoms with Gasteiger partial charge in [0, 0.05) is 21.2 Å². The Labute approximate surface area is 223 Å². The fourth-order valence-electron chi connectivity index (χ4n) is 2.99. The van der Waals surface area contributed by atoms with Crippen molar-refractivity contribution in [1.29, 1.82) is 0 Å². The van der Waals surface area contributed by atoms with Gasteiger partial charge in [-0.2, -0.15) is 5.10 Å². The number of carbonyl (C=O) groups excluding carboxylic acids is 1. The molecule has 0 bridgehead atoms. The first-order chi connectivity index (χ1) is 16.9. The van der Waals surface area contributed by atoms with E-state index in [0.717, 1.165) is 22.0 Å². The molecule has 3 aromatic carbocycles. The monoisotopic (exact) mass is 578 g/mol. The smallest absolute Gasteiger partial charge is 0.271 e. The molecule has 0 aromatic heterocycles. The number of nitrogens with zero attached hydrogens (tertiary/aromatic N) is 1. The van der Waals surface area contributed by atoms with Crippen LogP contribution in [-0.2, 0) is 6.61 Å². The molecule has 0 saturated heterocycles. The van der Waals surface area contributed by atoms with E-state index >= 15 is 0 Å². The zero-order valence-electron chi connectivity index (χ0n) is 19.3. The molecule has 9 heteroatoms. The average molecular weight is 580 g/mol. The summed E-state index contributed by atoms with van der Waals surface area (Å²) in [5.74, 6) is 1.42. The lowest BCUT2D eigenvalue weighted by molar-refractivity contribution is 0.0954. The van der Waals surface area contributed by atoms with Gasteiger partial charge < -0.3 is 14.2 Å². The molecular formula is C26H25BrCl2N2O4. The molecule has 0 fully saturated rings. The minimum atomic E-state index is -0.358. The summed E-state index contributed by atoms with van der Waals surface area (Å²) < 4.78 is 17.9. The highest BCUT2D eigenvalue weighted by atomic mass is 79.9. The number of hydrazone groups is 1. The minimum Gasteiger partial charge on any atom is -0.490 e. The van der Waals surface area contributed by atoms with Gasteiger partial charge in [0.2, 0.25) is 0 Å². The van der Waals surface area contributed by atoms with E-state index in [4.69, 9.17) is 37.4 Å². The van der Waals surface area contributed by atoms with E-state index in [0.29, 0.717) is 52.7 Å². The van der Waals surface area contributed by atoms with Gasteiger partial charge in [-0.05, 0) is 83.4 Å². The van der Waals surface area contributed by atoms with E-state index < -0.39 is 0 Å². The number of hydrogen-bond acceptors (Lipinski definition) is 5. The van der Waals surface area contributed by atoms with Crippen molar-refractivity contribution in [2.24, 2.45) is 5.10 Å². The maximum atomic E-state index is 12.5. The van der Waals surface area contributed by atoms with Crippen molar-refractivity contribution in [3.63, 3.8) is 0 Å². The molecule has 0 atom stereocenters. The first-order valence-corrected chi connectivity index (χ1v) is 12.6. The molecule has 0 spiro atoms. The maximum absolute atomic E-state index is 12.5. The van der Waals surface area contributed by atoms with Gasteiger partial charge in [-0.15, -0.1) is 0 Å². The third-order valence-corrected chi connectivity index (χ3v) is 5.91. The molecule has 0 aliphatic carbocycles. The van der Waals surface area contributed by atoms with Crippen molar-refractivity contribution in [3.8, 4) is 17.2 Å². The van der Waals surface area contributed by atoms with Crippen molar-refractivity contribution < 1.29 is 19.0 Å². The zero-order valence-corrected chi connectivity index (χ0v) is 22.4. The van der Waals surface area contributed by atoms with E-state index in [1.54, 1.807) is 42.6 Å². The highest BCUT2D eigenvalue weighted by molar-refractivity contribution is 9.10. The Kier molecular flexibility index (Phi) is 10.3. The molecule has 35 heavy (non-hydrogen) atoms. The van der Waals surface area contributed by atoms with Crippen LogP contribution in [0.2, 0.25) is 10.0 Å². The molecule has 3 aromatic rings. The summed E-state index contributed by atoms with van der Waals surface area (Å²) in [5.41, 5.74) is 4.55. The number of halogens is 3. The topological polar surface area (TPSA) is 69.2 Å². The molecule has 184 valence electrons. The summed E-state index contributed by atoms with van der Waals surface area (Å²) in [7, 11) is 0. The fourth-order valence-corrected chi connectivity index (χ4v) is 3.96. The molecule has 0 unspecified atom stereocenters. The lowest BCUT2D eigenvalue weighted by Crippen LogP contribution is -2.17. The third-order valence-electron chi connectivity index (χ3n) is 4.70. The normalized spacial score (nSPS) is 10.9. The van der Waals surface area contributed by atoms with Gasteiger partial charge in [0.1, 0.15) is 12.4 Å². The predicted molar refractivity (Wildman–Crippen MR) is 143 cm³/mol. The summed E-state index contributed by atoms with van der Waals surface area (Å²) in [5, 5.41) is 5.18. The number of carbonyl (C=O) groups is 1. The molecule has 1 N–H and O–H groups in total. The summed E-state index contributed by atoms with van der Waals surface area (Å²) in [6.07, 6.45) is 2.42. The molecule has 0 aliphatic rings. The molecular weight excluding hydrogens is 555 g/mol. The van der Waals surface area contributed by atoms with Crippen LogP contribution in [0, 0.1) is 0 Å². The van der Waals surface area contributed by atoms with Crippen LogP contribution in [0.5, 0.6) is 17.2 Å². The molecule has 0 heterocycles. The van der Waals surface area contributed by atoms with Crippen LogP contribution in [0.1, 0.15) is 41.8 Å². The zero-order chi connectivity index (χ0) is 25.2. The standard InChI is InChI=1S/C26H25BrCl2N2O4/c1-3-11-34-24-10-7-18(13-25(24)33-4-2)26(32)31-30-15-17-5-9-23(21(27)12-17)35-16-19-6-8-20(28)14-22(19)29/h5-10,12-15H,3-4,11,16H2,1-2H3,(H,31,32)/b30-15+. The number of nitrogens with one attached hydrogen (secondary N) is 1. The highest BCUT2D eigenvalue weighted by Gasteiger charge is 2.11. The predicted octanol–water partition coefficient (Wildman–Crippen LogP) is 7.29. The molecule has 6 nitrogen and oxygen atoms in total. The van der Waals surface area contributed by atoms with Crippen LogP contribution in [0.25, 0.3) is 0 Å². The van der Waals surface area contributed by atoms with Crippen molar-refractivity contribution in [2.45, 2.75) is 26.9 Å². The molecule has 0 aliphatic heterocycles. The van der Waals surface area contributed by atoms with E-state index in [-0.39, 0.29) is 5.91 Å². The van der Waals surface area contributed by atoms with E-state index in [1.807, 2.05) is 32.0 Å². The Morgan fingerprint density at radius 2 is 1.77 bits per heavy atom. The molecule has 0 saturated carbocycles. The van der Waals surface area contributed by atoms with Gasteiger partial charge in [-0.1, -0.05) is 36.2 Å². The van der Waals surface area contributed by atoms with Gasteiger partial charge in [-0.3, -0.25) is 4.79 Å².